The van der Waals surface area contributed by atoms with Crippen LogP contribution in [-0.4, -0.2) is 42.5 Å². The van der Waals surface area contributed by atoms with Crippen molar-refractivity contribution >= 4 is 11.6 Å². The van der Waals surface area contributed by atoms with Gasteiger partial charge in [-0.25, -0.2) is 0 Å². The zero-order valence-corrected chi connectivity index (χ0v) is 18.5. The molecule has 8 nitrogen and oxygen atoms in total. The topological polar surface area (TPSA) is 93.9 Å². The van der Waals surface area contributed by atoms with Crippen molar-refractivity contribution in [2.24, 2.45) is 0 Å². The minimum absolute atomic E-state index is 0.0516. The molecule has 170 valence electrons. The maximum Gasteiger partial charge on any atom is 0.269 e. The van der Waals surface area contributed by atoms with Crippen LogP contribution < -0.4 is 14.8 Å². The molecule has 32 heavy (non-hydrogen) atoms. The molecule has 2 aromatic carbocycles. The molecule has 1 amide bonds. The summed E-state index contributed by atoms with van der Waals surface area (Å²) in [5.41, 5.74) is 1.48. The van der Waals surface area contributed by atoms with Gasteiger partial charge in [0, 0.05) is 18.2 Å². The van der Waals surface area contributed by atoms with Crippen molar-refractivity contribution < 1.29 is 19.2 Å². The summed E-state index contributed by atoms with van der Waals surface area (Å²) in [6.07, 6.45) is 3.86. The Labute approximate surface area is 187 Å². The molecular formula is C24H29N3O5. The summed E-state index contributed by atoms with van der Waals surface area (Å²) in [6.45, 7) is 3.20. The highest BCUT2D eigenvalue weighted by Crippen LogP contribution is 2.42. The van der Waals surface area contributed by atoms with Gasteiger partial charge in [0.1, 0.15) is 13.2 Å². The molecule has 0 radical (unpaired) electrons. The van der Waals surface area contributed by atoms with Crippen molar-refractivity contribution in [3.8, 4) is 11.5 Å². The number of ether oxygens (including phenoxy) is 2. The Hall–Kier alpha value is -3.13. The number of carbonyl (C=O) groups excluding carboxylic acids is 1. The fraction of sp³-hybridized carbons (Fsp3) is 0.458. The van der Waals surface area contributed by atoms with Crippen LogP contribution in [0.3, 0.4) is 0 Å². The molecule has 8 heteroatoms. The standard InChI is InChI=1S/C24H29N3O5/c1-17(18-6-5-7-20(14-18)27(29)30)26(2)16-23(28)25-24(10-3-4-11-24)19-8-9-21-22(15-19)32-13-12-31-21/h5-9,14-15,17H,3-4,10-13,16H2,1-2H3,(H,25,28). The van der Waals surface area contributed by atoms with E-state index in [9.17, 15) is 14.9 Å². The maximum atomic E-state index is 13.1. The molecule has 2 aromatic rings. The van der Waals surface area contributed by atoms with E-state index in [1.165, 1.54) is 6.07 Å². The molecule has 1 unspecified atom stereocenters. The van der Waals surface area contributed by atoms with Gasteiger partial charge in [0.05, 0.1) is 17.0 Å². The van der Waals surface area contributed by atoms with Crippen molar-refractivity contribution in [2.75, 3.05) is 26.8 Å². The largest absolute Gasteiger partial charge is 0.486 e. The highest BCUT2D eigenvalue weighted by atomic mass is 16.6. The molecule has 0 spiro atoms. The van der Waals surface area contributed by atoms with Crippen molar-refractivity contribution in [3.05, 3.63) is 63.7 Å². The Morgan fingerprint density at radius 3 is 2.59 bits per heavy atom. The first-order chi connectivity index (χ1) is 15.4. The first kappa shape index (κ1) is 22.1. The molecule has 1 fully saturated rings. The number of nitrogens with zero attached hydrogens (tertiary/aromatic N) is 2. The second-order valence-electron chi connectivity index (χ2n) is 8.64. The number of nitro benzene ring substituents is 1. The Morgan fingerprint density at radius 1 is 1.16 bits per heavy atom. The normalized spacial score (nSPS) is 17.7. The van der Waals surface area contributed by atoms with Crippen LogP contribution in [0.15, 0.2) is 42.5 Å². The summed E-state index contributed by atoms with van der Waals surface area (Å²) in [6, 6.07) is 12.4. The second-order valence-corrected chi connectivity index (χ2v) is 8.64. The van der Waals surface area contributed by atoms with E-state index >= 15 is 0 Å². The summed E-state index contributed by atoms with van der Waals surface area (Å²) in [5, 5.41) is 14.4. The molecule has 0 saturated heterocycles. The van der Waals surface area contributed by atoms with Gasteiger partial charge < -0.3 is 14.8 Å². The van der Waals surface area contributed by atoms with Crippen LogP contribution in [0.5, 0.6) is 11.5 Å². The van der Waals surface area contributed by atoms with Crippen LogP contribution in [0.25, 0.3) is 0 Å². The molecule has 1 saturated carbocycles. The highest BCUT2D eigenvalue weighted by Gasteiger charge is 2.38. The molecule has 1 heterocycles. The highest BCUT2D eigenvalue weighted by molar-refractivity contribution is 5.79. The molecule has 4 rings (SSSR count). The van der Waals surface area contributed by atoms with Crippen molar-refractivity contribution in [1.29, 1.82) is 0 Å². The average molecular weight is 440 g/mol. The van der Waals surface area contributed by atoms with Gasteiger partial charge in [0.15, 0.2) is 11.5 Å². The lowest BCUT2D eigenvalue weighted by atomic mass is 9.87. The summed E-state index contributed by atoms with van der Waals surface area (Å²) < 4.78 is 11.4. The quantitative estimate of drug-likeness (QED) is 0.519. The molecule has 1 aliphatic heterocycles. The number of nitrogens with one attached hydrogen (secondary N) is 1. The fourth-order valence-corrected chi connectivity index (χ4v) is 4.63. The Balaban J connectivity index is 1.46. The Kier molecular flexibility index (Phi) is 6.32. The van der Waals surface area contributed by atoms with Gasteiger partial charge in [-0.3, -0.25) is 19.8 Å². The monoisotopic (exact) mass is 439 g/mol. The Morgan fingerprint density at radius 2 is 1.88 bits per heavy atom. The van der Waals surface area contributed by atoms with Crippen LogP contribution in [0, 0.1) is 10.1 Å². The van der Waals surface area contributed by atoms with Crippen LogP contribution in [-0.2, 0) is 10.3 Å². The fourth-order valence-electron chi connectivity index (χ4n) is 4.63. The summed E-state index contributed by atoms with van der Waals surface area (Å²) >= 11 is 0. The van der Waals surface area contributed by atoms with Gasteiger partial charge in [0.2, 0.25) is 5.91 Å². The predicted molar refractivity (Wildman–Crippen MR) is 120 cm³/mol. The lowest BCUT2D eigenvalue weighted by molar-refractivity contribution is -0.384. The summed E-state index contributed by atoms with van der Waals surface area (Å²) in [4.78, 5) is 25.7. The van der Waals surface area contributed by atoms with E-state index < -0.39 is 10.5 Å². The molecule has 1 aliphatic carbocycles. The smallest absolute Gasteiger partial charge is 0.269 e. The van der Waals surface area contributed by atoms with Crippen LogP contribution >= 0.6 is 0 Å². The SMILES string of the molecule is CC(c1cccc([N+](=O)[O-])c1)N(C)CC(=O)NC1(c2ccc3c(c2)OCCO3)CCCC1. The molecule has 1 N–H and O–H groups in total. The van der Waals surface area contributed by atoms with Crippen LogP contribution in [0.1, 0.15) is 49.8 Å². The number of hydrogen-bond acceptors (Lipinski definition) is 6. The maximum absolute atomic E-state index is 13.1. The molecule has 2 aliphatic rings. The zero-order valence-electron chi connectivity index (χ0n) is 18.5. The third-order valence-electron chi connectivity index (χ3n) is 6.55. The lowest BCUT2D eigenvalue weighted by Gasteiger charge is -2.33. The van der Waals surface area contributed by atoms with E-state index in [-0.39, 0.29) is 24.2 Å². The number of hydrogen-bond donors (Lipinski definition) is 1. The first-order valence-corrected chi connectivity index (χ1v) is 11.0. The average Bonchev–Trinajstić information content (AvgIpc) is 3.27. The van der Waals surface area contributed by atoms with Crippen molar-refractivity contribution in [3.63, 3.8) is 0 Å². The predicted octanol–water partition coefficient (Wildman–Crippen LogP) is 3.94. The third-order valence-corrected chi connectivity index (χ3v) is 6.55. The minimum atomic E-state index is -0.414. The van der Waals surface area contributed by atoms with E-state index in [1.807, 2.05) is 43.1 Å². The van der Waals surface area contributed by atoms with Gasteiger partial charge in [-0.05, 0) is 50.1 Å². The molecule has 1 atom stereocenters. The molecule has 0 aromatic heterocycles. The number of rotatable bonds is 7. The van der Waals surface area contributed by atoms with Crippen molar-refractivity contribution in [1.82, 2.24) is 10.2 Å². The summed E-state index contributed by atoms with van der Waals surface area (Å²) in [5.74, 6) is 1.40. The zero-order chi connectivity index (χ0) is 22.7. The number of carbonyl (C=O) groups is 1. The van der Waals surface area contributed by atoms with Gasteiger partial charge in [-0.2, -0.15) is 0 Å². The summed E-state index contributed by atoms with van der Waals surface area (Å²) in [7, 11) is 1.86. The van der Waals surface area contributed by atoms with Crippen LogP contribution in [0.4, 0.5) is 5.69 Å². The van der Waals surface area contributed by atoms with Crippen LogP contribution in [0.2, 0.25) is 0 Å². The van der Waals surface area contributed by atoms with E-state index in [1.54, 1.807) is 12.1 Å². The number of nitro groups is 1. The third kappa shape index (κ3) is 4.55. The molecular weight excluding hydrogens is 410 g/mol. The number of fused-ring (bicyclic) bond motifs is 1. The van der Waals surface area contributed by atoms with E-state index in [2.05, 4.69) is 5.32 Å². The number of amides is 1. The van der Waals surface area contributed by atoms with Crippen molar-refractivity contribution in [2.45, 2.75) is 44.2 Å². The van der Waals surface area contributed by atoms with Gasteiger partial charge in [-0.1, -0.05) is 31.0 Å². The van der Waals surface area contributed by atoms with E-state index in [0.717, 1.165) is 48.3 Å². The lowest BCUT2D eigenvalue weighted by Crippen LogP contribution is -2.47. The minimum Gasteiger partial charge on any atom is -0.486 e. The van der Waals surface area contributed by atoms with Gasteiger partial charge in [-0.15, -0.1) is 0 Å². The van der Waals surface area contributed by atoms with E-state index in [0.29, 0.717) is 13.2 Å². The Bertz CT molecular complexity index is 1000. The number of benzene rings is 2. The second kappa shape index (κ2) is 9.16. The van der Waals surface area contributed by atoms with E-state index in [4.69, 9.17) is 9.47 Å². The number of non-ortho nitro benzene ring substituents is 1. The number of likely N-dealkylation sites (N-methyl/N-ethyl adjacent to an activating group) is 1. The van der Waals surface area contributed by atoms with Gasteiger partial charge in [0.25, 0.3) is 5.69 Å². The first-order valence-electron chi connectivity index (χ1n) is 11.0. The molecule has 0 bridgehead atoms. The van der Waals surface area contributed by atoms with Gasteiger partial charge >= 0.3 is 0 Å².